The molecule has 0 aliphatic carbocycles. The molecule has 2 aromatic carbocycles. The quantitative estimate of drug-likeness (QED) is 0.345. The predicted molar refractivity (Wildman–Crippen MR) is 109 cm³/mol. The van der Waals surface area contributed by atoms with Crippen LogP contribution in [-0.2, 0) is 10.3 Å². The van der Waals surface area contributed by atoms with Gasteiger partial charge in [-0.3, -0.25) is 9.59 Å². The van der Waals surface area contributed by atoms with Gasteiger partial charge in [-0.2, -0.15) is 0 Å². The molecule has 1 unspecified atom stereocenters. The summed E-state index contributed by atoms with van der Waals surface area (Å²) in [5.74, 6) is -2.36. The summed E-state index contributed by atoms with van der Waals surface area (Å²) in [6.07, 6.45) is -3.64. The number of ketones is 1. The normalized spacial score (nSPS) is 13.3. The van der Waals surface area contributed by atoms with Crippen LogP contribution in [-0.4, -0.2) is 29.6 Å². The zero-order valence-electron chi connectivity index (χ0n) is 16.2. The van der Waals surface area contributed by atoms with E-state index in [0.29, 0.717) is 5.69 Å². The molecular weight excluding hydrogens is 452 g/mol. The number of benzene rings is 2. The largest absolute Gasteiger partial charge is 0.573 e. The number of carbonyl (C=O) groups is 2. The summed E-state index contributed by atoms with van der Waals surface area (Å²) >= 11 is 0.843. The van der Waals surface area contributed by atoms with Gasteiger partial charge in [-0.25, -0.2) is 9.37 Å². The van der Waals surface area contributed by atoms with E-state index < -0.39 is 35.2 Å². The molecule has 0 spiro atoms. The number of anilines is 1. The fourth-order valence-corrected chi connectivity index (χ4v) is 3.80. The standard InChI is InChI=1S/C20H16F4N4O3S/c21-12-3-5-13(6-4-12)28-19(10-25,17(26)30)18-27-9-15(32-18)16(29)11-1-7-14(8-2-11)31-20(22,23)24/h1-9,28H,10,25H2,(H2,26,30). The van der Waals surface area contributed by atoms with Gasteiger partial charge in [-0.15, -0.1) is 24.5 Å². The van der Waals surface area contributed by atoms with Gasteiger partial charge in [0.15, 0.2) is 5.54 Å². The molecule has 3 rings (SSSR count). The van der Waals surface area contributed by atoms with Crippen LogP contribution in [0.3, 0.4) is 0 Å². The van der Waals surface area contributed by atoms with Crippen molar-refractivity contribution in [1.29, 1.82) is 0 Å². The van der Waals surface area contributed by atoms with Gasteiger partial charge >= 0.3 is 6.36 Å². The van der Waals surface area contributed by atoms with Crippen molar-refractivity contribution >= 4 is 28.7 Å². The number of alkyl halides is 3. The minimum atomic E-state index is -4.85. The summed E-state index contributed by atoms with van der Waals surface area (Å²) in [5, 5.41) is 2.95. The summed E-state index contributed by atoms with van der Waals surface area (Å²) in [7, 11) is 0. The van der Waals surface area contributed by atoms with Crippen molar-refractivity contribution in [1.82, 2.24) is 4.98 Å². The van der Waals surface area contributed by atoms with E-state index in [4.69, 9.17) is 11.5 Å². The number of amides is 1. The number of ether oxygens (including phenoxy) is 1. The molecule has 1 heterocycles. The van der Waals surface area contributed by atoms with Gasteiger partial charge in [0.05, 0.1) is 4.88 Å². The highest BCUT2D eigenvalue weighted by atomic mass is 32.1. The third-order valence-electron chi connectivity index (χ3n) is 4.37. The highest BCUT2D eigenvalue weighted by Gasteiger charge is 2.41. The van der Waals surface area contributed by atoms with Gasteiger partial charge in [0, 0.05) is 24.0 Å². The van der Waals surface area contributed by atoms with Crippen LogP contribution in [0.5, 0.6) is 5.75 Å². The Labute approximate surface area is 183 Å². The van der Waals surface area contributed by atoms with Gasteiger partial charge < -0.3 is 21.5 Å². The lowest BCUT2D eigenvalue weighted by Crippen LogP contribution is -2.53. The maximum absolute atomic E-state index is 13.2. The minimum Gasteiger partial charge on any atom is -0.406 e. The third-order valence-corrected chi connectivity index (χ3v) is 5.53. The Hall–Kier alpha value is -3.51. The first-order chi connectivity index (χ1) is 15.0. The Morgan fingerprint density at radius 1 is 1.06 bits per heavy atom. The van der Waals surface area contributed by atoms with Crippen LogP contribution in [0.15, 0.2) is 54.7 Å². The van der Waals surface area contributed by atoms with E-state index in [1.54, 1.807) is 0 Å². The van der Waals surface area contributed by atoms with Crippen LogP contribution in [0, 0.1) is 5.82 Å². The van der Waals surface area contributed by atoms with Crippen LogP contribution in [0.25, 0.3) is 0 Å². The summed E-state index contributed by atoms with van der Waals surface area (Å²) in [6, 6.07) is 9.47. The van der Waals surface area contributed by atoms with Crippen molar-refractivity contribution in [2.24, 2.45) is 11.5 Å². The fraction of sp³-hybridized carbons (Fsp3) is 0.150. The molecule has 0 saturated carbocycles. The van der Waals surface area contributed by atoms with E-state index in [2.05, 4.69) is 15.0 Å². The van der Waals surface area contributed by atoms with Crippen LogP contribution in [0.1, 0.15) is 20.2 Å². The first kappa shape index (κ1) is 23.2. The van der Waals surface area contributed by atoms with Gasteiger partial charge in [0.1, 0.15) is 16.6 Å². The van der Waals surface area contributed by atoms with E-state index in [0.717, 1.165) is 23.5 Å². The number of nitrogens with zero attached hydrogens (tertiary/aromatic N) is 1. The summed E-state index contributed by atoms with van der Waals surface area (Å²) in [6.45, 7) is -0.315. The molecule has 12 heteroatoms. The summed E-state index contributed by atoms with van der Waals surface area (Å²) in [5.41, 5.74) is 10.1. The lowest BCUT2D eigenvalue weighted by Gasteiger charge is -2.29. The summed E-state index contributed by atoms with van der Waals surface area (Å²) < 4.78 is 53.8. The molecule has 7 nitrogen and oxygen atoms in total. The molecule has 0 bridgehead atoms. The van der Waals surface area contributed by atoms with Crippen LogP contribution >= 0.6 is 11.3 Å². The van der Waals surface area contributed by atoms with Gasteiger partial charge in [0.25, 0.3) is 5.91 Å². The van der Waals surface area contributed by atoms with Crippen LogP contribution in [0.2, 0.25) is 0 Å². The number of hydrogen-bond donors (Lipinski definition) is 3. The minimum absolute atomic E-state index is 0.0821. The highest BCUT2D eigenvalue weighted by molar-refractivity contribution is 7.14. The molecule has 0 radical (unpaired) electrons. The topological polar surface area (TPSA) is 120 Å². The van der Waals surface area contributed by atoms with Crippen LogP contribution < -0.4 is 21.5 Å². The number of primary amides is 1. The molecule has 1 atom stereocenters. The Bertz CT molecular complexity index is 1120. The number of hydrogen-bond acceptors (Lipinski definition) is 7. The second-order valence-electron chi connectivity index (χ2n) is 6.54. The predicted octanol–water partition coefficient (Wildman–Crippen LogP) is 3.16. The number of nitrogens with two attached hydrogens (primary N) is 2. The fourth-order valence-electron chi connectivity index (χ4n) is 2.77. The maximum Gasteiger partial charge on any atom is 0.573 e. The number of halogens is 4. The molecule has 1 amide bonds. The van der Waals surface area contributed by atoms with Crippen molar-refractivity contribution in [3.8, 4) is 5.75 Å². The Kier molecular flexibility index (Phi) is 6.46. The monoisotopic (exact) mass is 468 g/mol. The zero-order valence-corrected chi connectivity index (χ0v) is 17.0. The molecule has 3 aromatic rings. The number of aromatic nitrogens is 1. The van der Waals surface area contributed by atoms with Crippen molar-refractivity contribution in [2.75, 3.05) is 11.9 Å². The molecule has 1 aromatic heterocycles. The second kappa shape index (κ2) is 8.93. The molecule has 168 valence electrons. The molecule has 0 aliphatic heterocycles. The number of nitrogens with one attached hydrogen (secondary N) is 1. The Morgan fingerprint density at radius 2 is 1.69 bits per heavy atom. The van der Waals surface area contributed by atoms with Gasteiger partial charge in [0.2, 0.25) is 5.78 Å². The maximum atomic E-state index is 13.2. The number of thiazole rings is 1. The van der Waals surface area contributed by atoms with Crippen molar-refractivity contribution in [3.63, 3.8) is 0 Å². The lowest BCUT2D eigenvalue weighted by molar-refractivity contribution is -0.274. The molecular formula is C20H16F4N4O3S. The van der Waals surface area contributed by atoms with E-state index in [1.807, 2.05) is 0 Å². The van der Waals surface area contributed by atoms with E-state index in [-0.39, 0.29) is 22.0 Å². The number of rotatable bonds is 8. The van der Waals surface area contributed by atoms with E-state index in [1.165, 1.54) is 42.6 Å². The first-order valence-electron chi connectivity index (χ1n) is 8.94. The van der Waals surface area contributed by atoms with Gasteiger partial charge in [-0.1, -0.05) is 0 Å². The van der Waals surface area contributed by atoms with Crippen molar-refractivity contribution in [2.45, 2.75) is 11.9 Å². The van der Waals surface area contributed by atoms with Crippen molar-refractivity contribution < 1.29 is 31.9 Å². The molecule has 0 fully saturated rings. The smallest absolute Gasteiger partial charge is 0.406 e. The molecule has 0 saturated heterocycles. The molecule has 32 heavy (non-hydrogen) atoms. The molecule has 0 aliphatic rings. The number of carbonyl (C=O) groups excluding carboxylic acids is 2. The first-order valence-corrected chi connectivity index (χ1v) is 9.76. The van der Waals surface area contributed by atoms with E-state index >= 15 is 0 Å². The Morgan fingerprint density at radius 3 is 2.22 bits per heavy atom. The Balaban J connectivity index is 1.87. The van der Waals surface area contributed by atoms with Gasteiger partial charge in [-0.05, 0) is 48.5 Å². The average molecular weight is 468 g/mol. The van der Waals surface area contributed by atoms with Crippen LogP contribution in [0.4, 0.5) is 23.2 Å². The summed E-state index contributed by atoms with van der Waals surface area (Å²) in [4.78, 5) is 29.3. The lowest BCUT2D eigenvalue weighted by atomic mass is 9.99. The van der Waals surface area contributed by atoms with E-state index in [9.17, 15) is 27.2 Å². The highest BCUT2D eigenvalue weighted by Crippen LogP contribution is 2.31. The zero-order chi connectivity index (χ0) is 23.5. The van der Waals surface area contributed by atoms with Crippen molar-refractivity contribution in [3.05, 3.63) is 76.0 Å². The SMILES string of the molecule is NCC(Nc1ccc(F)cc1)(C(N)=O)c1ncc(C(=O)c2ccc(OC(F)(F)F)cc2)s1. The second-order valence-corrected chi connectivity index (χ2v) is 7.57. The third kappa shape index (κ3) is 5.03. The molecule has 5 N–H and O–H groups in total. The average Bonchev–Trinajstić information content (AvgIpc) is 3.22.